The van der Waals surface area contributed by atoms with Crippen molar-refractivity contribution >= 4 is 23.2 Å². The first kappa shape index (κ1) is 16.4. The summed E-state index contributed by atoms with van der Waals surface area (Å²) in [6.07, 6.45) is 1.08. The zero-order chi connectivity index (χ0) is 17.0. The van der Waals surface area contributed by atoms with E-state index in [1.807, 2.05) is 0 Å². The summed E-state index contributed by atoms with van der Waals surface area (Å²) < 4.78 is 5.17. The number of carbonyl (C=O) groups excluding carboxylic acids is 2. The fraction of sp³-hybridized carbons (Fsp3) is 0.286. The van der Waals surface area contributed by atoms with Gasteiger partial charge in [0.05, 0.1) is 24.7 Å². The fourth-order valence-electron chi connectivity index (χ4n) is 2.08. The molecule has 0 radical (unpaired) electrons. The lowest BCUT2D eigenvalue weighted by Crippen LogP contribution is -2.34. The number of aliphatic hydroxyl groups excluding tert-OH is 1. The number of hydrogen-bond acceptors (Lipinski definition) is 7. The lowest BCUT2D eigenvalue weighted by atomic mass is 10.2. The van der Waals surface area contributed by atoms with Crippen LogP contribution in [0.1, 0.15) is 6.92 Å². The van der Waals surface area contributed by atoms with Gasteiger partial charge in [0.2, 0.25) is 0 Å². The van der Waals surface area contributed by atoms with Crippen molar-refractivity contribution < 1.29 is 24.4 Å². The van der Waals surface area contributed by atoms with E-state index in [1.165, 1.54) is 18.2 Å². The minimum atomic E-state index is -0.597. The zero-order valence-corrected chi connectivity index (χ0v) is 12.3. The molecule has 2 amide bonds. The molecule has 0 unspecified atom stereocenters. The summed E-state index contributed by atoms with van der Waals surface area (Å²) in [4.78, 5) is 35.0. The summed E-state index contributed by atoms with van der Waals surface area (Å²) in [6, 6.07) is 4.14. The molecule has 1 aromatic carbocycles. The number of nitro groups is 1. The fourth-order valence-corrected chi connectivity index (χ4v) is 2.08. The van der Waals surface area contributed by atoms with Crippen molar-refractivity contribution in [3.8, 4) is 5.75 Å². The number of β-amino-alcohol motifs (C(OH)–C–C–N with tert-alkyl or cyclic N) is 1. The molecule has 0 aromatic heterocycles. The number of nitrogens with zero attached hydrogens (tertiary/aromatic N) is 2. The summed E-state index contributed by atoms with van der Waals surface area (Å²) in [5, 5.41) is 22.6. The van der Waals surface area contributed by atoms with Crippen LogP contribution in [0.25, 0.3) is 0 Å². The topological polar surface area (TPSA) is 122 Å². The predicted octanol–water partition coefficient (Wildman–Crippen LogP) is 0.650. The number of imide groups is 1. The number of amides is 2. The molecule has 9 nitrogen and oxygen atoms in total. The number of hydrogen-bond donors (Lipinski definition) is 2. The van der Waals surface area contributed by atoms with Crippen LogP contribution in [0.5, 0.6) is 5.75 Å². The minimum Gasteiger partial charge on any atom is -0.487 e. The van der Waals surface area contributed by atoms with Gasteiger partial charge in [-0.15, -0.1) is 0 Å². The van der Waals surface area contributed by atoms with Crippen molar-refractivity contribution in [3.05, 3.63) is 40.1 Å². The Kier molecular flexibility index (Phi) is 4.91. The highest BCUT2D eigenvalue weighted by Gasteiger charge is 2.31. The maximum absolute atomic E-state index is 12.0. The Hall–Kier alpha value is -2.94. The molecular formula is C14H15N3O6. The average Bonchev–Trinajstić information content (AvgIpc) is 2.77. The number of anilines is 1. The van der Waals surface area contributed by atoms with E-state index in [1.54, 1.807) is 6.92 Å². The number of carbonyl (C=O) groups is 2. The molecule has 0 aliphatic carbocycles. The van der Waals surface area contributed by atoms with E-state index in [0.717, 1.165) is 11.0 Å². The molecule has 122 valence electrons. The Balaban J connectivity index is 2.22. The van der Waals surface area contributed by atoms with E-state index >= 15 is 0 Å². The number of aliphatic hydroxyl groups is 1. The van der Waals surface area contributed by atoms with E-state index in [0.29, 0.717) is 0 Å². The Bertz CT molecular complexity index is 685. The molecule has 0 saturated carbocycles. The molecule has 1 aliphatic heterocycles. The number of nitro benzene ring substituents is 1. The summed E-state index contributed by atoms with van der Waals surface area (Å²) >= 11 is 0. The van der Waals surface area contributed by atoms with E-state index in [2.05, 4.69) is 5.32 Å². The van der Waals surface area contributed by atoms with Crippen molar-refractivity contribution in [2.45, 2.75) is 6.92 Å². The van der Waals surface area contributed by atoms with E-state index in [9.17, 15) is 19.7 Å². The molecule has 0 spiro atoms. The van der Waals surface area contributed by atoms with Gasteiger partial charge in [-0.3, -0.25) is 24.6 Å². The Morgan fingerprint density at radius 2 is 2.13 bits per heavy atom. The van der Waals surface area contributed by atoms with Crippen LogP contribution in [0.4, 0.5) is 11.4 Å². The maximum Gasteiger partial charge on any atom is 0.312 e. The van der Waals surface area contributed by atoms with Crippen molar-refractivity contribution in [3.63, 3.8) is 0 Å². The number of nitrogens with one attached hydrogen (secondary N) is 1. The van der Waals surface area contributed by atoms with Crippen molar-refractivity contribution in [2.24, 2.45) is 0 Å². The predicted molar refractivity (Wildman–Crippen MR) is 79.8 cm³/mol. The molecule has 1 aliphatic rings. The third-order valence-corrected chi connectivity index (χ3v) is 3.07. The van der Waals surface area contributed by atoms with Crippen LogP contribution in [0.15, 0.2) is 30.0 Å². The van der Waals surface area contributed by atoms with Crippen LogP contribution >= 0.6 is 0 Å². The molecule has 2 rings (SSSR count). The first-order chi connectivity index (χ1) is 11.0. The van der Waals surface area contributed by atoms with Crippen LogP contribution in [-0.2, 0) is 9.59 Å². The second-order valence-corrected chi connectivity index (χ2v) is 4.57. The van der Waals surface area contributed by atoms with Crippen molar-refractivity contribution in [2.75, 3.05) is 25.1 Å². The average molecular weight is 321 g/mol. The van der Waals surface area contributed by atoms with Crippen LogP contribution in [0, 0.1) is 10.1 Å². The van der Waals surface area contributed by atoms with Gasteiger partial charge in [-0.2, -0.15) is 0 Å². The van der Waals surface area contributed by atoms with Crippen LogP contribution in [0.3, 0.4) is 0 Å². The van der Waals surface area contributed by atoms with E-state index in [-0.39, 0.29) is 42.6 Å². The Labute approximate surface area is 131 Å². The van der Waals surface area contributed by atoms with Gasteiger partial charge in [0.1, 0.15) is 5.70 Å². The number of ether oxygens (including phenoxy) is 1. The highest BCUT2D eigenvalue weighted by molar-refractivity contribution is 6.17. The largest absolute Gasteiger partial charge is 0.487 e. The van der Waals surface area contributed by atoms with Gasteiger partial charge in [-0.1, -0.05) is 0 Å². The highest BCUT2D eigenvalue weighted by Crippen LogP contribution is 2.31. The van der Waals surface area contributed by atoms with Crippen LogP contribution < -0.4 is 10.1 Å². The third-order valence-electron chi connectivity index (χ3n) is 3.07. The van der Waals surface area contributed by atoms with Crippen LogP contribution in [0.2, 0.25) is 0 Å². The first-order valence-electron chi connectivity index (χ1n) is 6.84. The van der Waals surface area contributed by atoms with Gasteiger partial charge in [0.15, 0.2) is 5.75 Å². The van der Waals surface area contributed by atoms with Crippen molar-refractivity contribution in [1.82, 2.24) is 4.90 Å². The Morgan fingerprint density at radius 3 is 2.74 bits per heavy atom. The zero-order valence-electron chi connectivity index (χ0n) is 12.3. The normalized spacial score (nSPS) is 14.0. The van der Waals surface area contributed by atoms with Gasteiger partial charge >= 0.3 is 5.69 Å². The minimum absolute atomic E-state index is 0.0121. The van der Waals surface area contributed by atoms with E-state index < -0.39 is 16.7 Å². The molecule has 1 aromatic rings. The molecule has 23 heavy (non-hydrogen) atoms. The number of rotatable bonds is 7. The lowest BCUT2D eigenvalue weighted by Gasteiger charge is -2.13. The molecule has 9 heteroatoms. The highest BCUT2D eigenvalue weighted by atomic mass is 16.6. The summed E-state index contributed by atoms with van der Waals surface area (Å²) in [6.45, 7) is 1.54. The summed E-state index contributed by atoms with van der Waals surface area (Å²) in [5.41, 5.74) is 0.0155. The molecule has 1 heterocycles. The molecule has 0 atom stereocenters. The molecule has 0 fully saturated rings. The molecule has 2 N–H and O–H groups in total. The SMILES string of the molecule is CCOc1ccc(NC2=CC(=O)N(CCO)C2=O)cc1[N+](=O)[O-]. The Morgan fingerprint density at radius 1 is 1.39 bits per heavy atom. The standard InChI is InChI=1S/C14H15N3O6/c1-2-23-12-4-3-9(7-11(12)17(21)22)15-10-8-13(19)16(5-6-18)14(10)20/h3-4,7-8,15,18H,2,5-6H2,1H3. The van der Waals surface area contributed by atoms with Crippen LogP contribution in [-0.4, -0.2) is 46.5 Å². The van der Waals surface area contributed by atoms with Gasteiger partial charge in [-0.25, -0.2) is 0 Å². The van der Waals surface area contributed by atoms with Gasteiger partial charge < -0.3 is 15.2 Å². The van der Waals surface area contributed by atoms with Gasteiger partial charge in [0.25, 0.3) is 11.8 Å². The second-order valence-electron chi connectivity index (χ2n) is 4.57. The maximum atomic E-state index is 12.0. The number of benzene rings is 1. The molecule has 0 bridgehead atoms. The summed E-state index contributed by atoms with van der Waals surface area (Å²) in [7, 11) is 0. The molecule has 0 saturated heterocycles. The van der Waals surface area contributed by atoms with Gasteiger partial charge in [0, 0.05) is 17.8 Å². The lowest BCUT2D eigenvalue weighted by molar-refractivity contribution is -0.385. The quantitative estimate of drug-likeness (QED) is 0.429. The first-order valence-corrected chi connectivity index (χ1v) is 6.84. The van der Waals surface area contributed by atoms with Gasteiger partial charge in [-0.05, 0) is 19.1 Å². The second kappa shape index (κ2) is 6.88. The summed E-state index contributed by atoms with van der Waals surface area (Å²) in [5.74, 6) is -1.03. The smallest absolute Gasteiger partial charge is 0.312 e. The van der Waals surface area contributed by atoms with E-state index in [4.69, 9.17) is 9.84 Å². The van der Waals surface area contributed by atoms with Crippen molar-refractivity contribution in [1.29, 1.82) is 0 Å². The molecular weight excluding hydrogens is 306 g/mol. The monoisotopic (exact) mass is 321 g/mol. The third kappa shape index (κ3) is 3.46.